The van der Waals surface area contributed by atoms with Crippen molar-refractivity contribution in [2.75, 3.05) is 13.2 Å². The maximum Gasteiger partial charge on any atom is 0.305 e. The third kappa shape index (κ3) is 63.0. The van der Waals surface area contributed by atoms with Crippen LogP contribution >= 0.6 is 0 Å². The Balaban J connectivity index is 3.39. The number of amides is 1. The van der Waals surface area contributed by atoms with Crippen molar-refractivity contribution in [1.29, 1.82) is 0 Å². The second kappa shape index (κ2) is 67.3. The van der Waals surface area contributed by atoms with E-state index < -0.39 is 12.1 Å². The van der Waals surface area contributed by atoms with Gasteiger partial charge in [-0.15, -0.1) is 0 Å². The molecule has 0 rings (SSSR count). The van der Waals surface area contributed by atoms with E-state index in [4.69, 9.17) is 4.74 Å². The largest absolute Gasteiger partial charge is 0.466 e. The van der Waals surface area contributed by atoms with Crippen LogP contribution in [0.4, 0.5) is 0 Å². The molecule has 0 aliphatic rings. The van der Waals surface area contributed by atoms with E-state index in [1.165, 1.54) is 283 Å². The smallest absolute Gasteiger partial charge is 0.305 e. The van der Waals surface area contributed by atoms with Gasteiger partial charge in [0.15, 0.2) is 0 Å². The molecule has 0 saturated carbocycles. The molecule has 0 bridgehead atoms. The Hall–Kier alpha value is -2.18. The number of hydrogen-bond acceptors (Lipinski definition) is 5. The van der Waals surface area contributed by atoms with Gasteiger partial charge in [-0.05, 0) is 89.9 Å². The standard InChI is InChI=1S/C72H135NO5/c1-3-5-7-9-11-13-15-17-36-40-44-48-52-56-60-64-70(75)69(68-74)73-71(76)65-61-57-53-49-45-41-38-34-32-30-28-26-24-22-20-19-21-23-25-27-29-31-33-35-39-43-47-51-55-59-63-67-78-72(77)66-62-58-54-50-46-42-37-18-16-14-12-10-8-6-4-2/h12,14,18,21,23,27,29,37,69-70,74-75H,3-11,13,15-17,19-20,22,24-26,28,30-36,38-68H2,1-2H3,(H,73,76)/b14-12-,23-21-,29-27-,37-18-. The van der Waals surface area contributed by atoms with E-state index in [2.05, 4.69) is 67.8 Å². The van der Waals surface area contributed by atoms with Crippen molar-refractivity contribution >= 4 is 11.9 Å². The van der Waals surface area contributed by atoms with E-state index in [9.17, 15) is 19.8 Å². The maximum atomic E-state index is 12.5. The van der Waals surface area contributed by atoms with Crippen LogP contribution in [0.25, 0.3) is 0 Å². The Morgan fingerprint density at radius 1 is 0.359 bits per heavy atom. The summed E-state index contributed by atoms with van der Waals surface area (Å²) in [5, 5.41) is 23.3. The lowest BCUT2D eigenvalue weighted by molar-refractivity contribution is -0.143. The minimum Gasteiger partial charge on any atom is -0.466 e. The highest BCUT2D eigenvalue weighted by molar-refractivity contribution is 5.76. The zero-order valence-electron chi connectivity index (χ0n) is 52.4. The molecule has 0 aromatic rings. The number of nitrogens with one attached hydrogen (secondary N) is 1. The molecule has 0 heterocycles. The van der Waals surface area contributed by atoms with E-state index in [1.54, 1.807) is 0 Å². The molecule has 1 amide bonds. The summed E-state index contributed by atoms with van der Waals surface area (Å²) in [6, 6.07) is -0.541. The van der Waals surface area contributed by atoms with E-state index in [0.717, 1.165) is 57.8 Å². The van der Waals surface area contributed by atoms with Crippen LogP contribution in [-0.4, -0.2) is 47.4 Å². The number of aliphatic hydroxyl groups excluding tert-OH is 2. The lowest BCUT2D eigenvalue weighted by atomic mass is 10.0. The first-order valence-electron chi connectivity index (χ1n) is 34.9. The number of ether oxygens (including phenoxy) is 1. The van der Waals surface area contributed by atoms with E-state index in [0.29, 0.717) is 25.9 Å². The van der Waals surface area contributed by atoms with E-state index >= 15 is 0 Å². The highest BCUT2D eigenvalue weighted by Gasteiger charge is 2.20. The van der Waals surface area contributed by atoms with E-state index in [1.807, 2.05) is 0 Å². The first-order valence-corrected chi connectivity index (χ1v) is 34.9. The van der Waals surface area contributed by atoms with Gasteiger partial charge < -0.3 is 20.3 Å². The topological polar surface area (TPSA) is 95.9 Å². The summed E-state index contributed by atoms with van der Waals surface area (Å²) < 4.78 is 5.48. The molecule has 0 spiro atoms. The molecule has 0 aliphatic carbocycles. The van der Waals surface area contributed by atoms with Gasteiger partial charge in [0.1, 0.15) is 0 Å². The van der Waals surface area contributed by atoms with Gasteiger partial charge >= 0.3 is 5.97 Å². The summed E-state index contributed by atoms with van der Waals surface area (Å²) >= 11 is 0. The highest BCUT2D eigenvalue weighted by atomic mass is 16.5. The zero-order valence-corrected chi connectivity index (χ0v) is 52.4. The Morgan fingerprint density at radius 3 is 1.00 bits per heavy atom. The van der Waals surface area contributed by atoms with E-state index in [-0.39, 0.29) is 18.5 Å². The molecule has 0 aromatic heterocycles. The van der Waals surface area contributed by atoms with Crippen LogP contribution < -0.4 is 5.32 Å². The van der Waals surface area contributed by atoms with Crippen molar-refractivity contribution < 1.29 is 24.5 Å². The highest BCUT2D eigenvalue weighted by Crippen LogP contribution is 2.18. The molecular formula is C72H135NO5. The fraction of sp³-hybridized carbons (Fsp3) is 0.861. The summed E-state index contributed by atoms with van der Waals surface area (Å²) in [7, 11) is 0. The SMILES string of the molecule is CCCCC/C=C\C/C=C\CCCCCCCC(=O)OCCCCCCCCCCC/C=C\C/C=C\CCCCCCCCCCCCCCCCCC(=O)NC(CO)C(O)CCCCCCCCCCCCCCCCC. The van der Waals surface area contributed by atoms with Crippen molar-refractivity contribution in [3.05, 3.63) is 48.6 Å². The van der Waals surface area contributed by atoms with Crippen LogP contribution in [0.15, 0.2) is 48.6 Å². The minimum absolute atomic E-state index is 0.000835. The quantitative estimate of drug-likeness (QED) is 0.0320. The van der Waals surface area contributed by atoms with Crippen molar-refractivity contribution in [3.63, 3.8) is 0 Å². The summed E-state index contributed by atoms with van der Waals surface area (Å²) in [5.41, 5.74) is 0. The normalized spacial score (nSPS) is 12.8. The number of esters is 1. The number of unbranched alkanes of at least 4 members (excludes halogenated alkanes) is 46. The van der Waals surface area contributed by atoms with Gasteiger partial charge in [0.05, 0.1) is 25.4 Å². The van der Waals surface area contributed by atoms with Crippen LogP contribution in [0.5, 0.6) is 0 Å². The molecule has 2 unspecified atom stereocenters. The number of rotatable bonds is 65. The third-order valence-electron chi connectivity index (χ3n) is 16.1. The molecule has 2 atom stereocenters. The molecule has 3 N–H and O–H groups in total. The van der Waals surface area contributed by atoms with Crippen molar-refractivity contribution in [3.8, 4) is 0 Å². The predicted octanol–water partition coefficient (Wildman–Crippen LogP) is 22.5. The molecule has 0 aromatic carbocycles. The monoisotopic (exact) mass is 1090 g/mol. The third-order valence-corrected chi connectivity index (χ3v) is 16.1. The molecular weight excluding hydrogens is 959 g/mol. The molecule has 0 radical (unpaired) electrons. The second-order valence-electron chi connectivity index (χ2n) is 23.9. The fourth-order valence-electron chi connectivity index (χ4n) is 10.8. The first kappa shape index (κ1) is 75.8. The van der Waals surface area contributed by atoms with Gasteiger partial charge in [0, 0.05) is 12.8 Å². The Bertz CT molecular complexity index is 1310. The van der Waals surface area contributed by atoms with Gasteiger partial charge in [0.2, 0.25) is 5.91 Å². The Kier molecular flexibility index (Phi) is 65.4. The van der Waals surface area contributed by atoms with Gasteiger partial charge in [-0.2, -0.15) is 0 Å². The summed E-state index contributed by atoms with van der Waals surface area (Å²) in [6.45, 7) is 4.94. The maximum absolute atomic E-state index is 12.5. The molecule has 0 fully saturated rings. The Labute approximate surface area is 486 Å². The number of allylic oxidation sites excluding steroid dienone is 8. The molecule has 458 valence electrons. The summed E-state index contributed by atoms with van der Waals surface area (Å²) in [6.07, 6.45) is 87.3. The average Bonchev–Trinajstić information content (AvgIpc) is 3.44. The molecule has 78 heavy (non-hydrogen) atoms. The zero-order chi connectivity index (χ0) is 56.4. The lowest BCUT2D eigenvalue weighted by Gasteiger charge is -2.22. The van der Waals surface area contributed by atoms with Gasteiger partial charge in [-0.25, -0.2) is 0 Å². The van der Waals surface area contributed by atoms with Crippen molar-refractivity contribution in [2.24, 2.45) is 0 Å². The van der Waals surface area contributed by atoms with Gasteiger partial charge in [-0.1, -0.05) is 319 Å². The van der Waals surface area contributed by atoms with Crippen LogP contribution in [0, 0.1) is 0 Å². The molecule has 0 aliphatic heterocycles. The Morgan fingerprint density at radius 2 is 0.641 bits per heavy atom. The molecule has 6 nitrogen and oxygen atoms in total. The molecule has 6 heteroatoms. The fourth-order valence-corrected chi connectivity index (χ4v) is 10.8. The van der Waals surface area contributed by atoms with Crippen LogP contribution in [-0.2, 0) is 14.3 Å². The average molecular weight is 1090 g/mol. The van der Waals surface area contributed by atoms with Crippen molar-refractivity contribution in [1.82, 2.24) is 5.32 Å². The van der Waals surface area contributed by atoms with Gasteiger partial charge in [-0.3, -0.25) is 9.59 Å². The van der Waals surface area contributed by atoms with Crippen LogP contribution in [0.2, 0.25) is 0 Å². The predicted molar refractivity (Wildman–Crippen MR) is 342 cm³/mol. The lowest BCUT2D eigenvalue weighted by Crippen LogP contribution is -2.45. The first-order chi connectivity index (χ1) is 38.5. The summed E-state index contributed by atoms with van der Waals surface area (Å²) in [4.78, 5) is 24.6. The van der Waals surface area contributed by atoms with Crippen LogP contribution in [0.3, 0.4) is 0 Å². The number of carbonyl (C=O) groups excluding carboxylic acids is 2. The molecule has 0 saturated heterocycles. The second-order valence-corrected chi connectivity index (χ2v) is 23.9. The van der Waals surface area contributed by atoms with Crippen molar-refractivity contribution in [2.45, 2.75) is 386 Å². The summed E-state index contributed by atoms with van der Waals surface area (Å²) in [5.74, 6) is -0.0332. The van der Waals surface area contributed by atoms with Crippen LogP contribution in [0.1, 0.15) is 373 Å². The number of aliphatic hydroxyl groups is 2. The number of carbonyl (C=O) groups is 2. The number of hydrogen-bond donors (Lipinski definition) is 3. The minimum atomic E-state index is -0.664. The van der Waals surface area contributed by atoms with Gasteiger partial charge in [0.25, 0.3) is 0 Å².